The molecule has 0 bridgehead atoms. The zero-order valence-corrected chi connectivity index (χ0v) is 10.1. The van der Waals surface area contributed by atoms with Gasteiger partial charge in [-0.05, 0) is 28.1 Å². The summed E-state index contributed by atoms with van der Waals surface area (Å²) in [7, 11) is 0. The predicted molar refractivity (Wildman–Crippen MR) is 66.5 cm³/mol. The Labute approximate surface area is 105 Å². The number of aromatic hydroxyl groups is 1. The highest BCUT2D eigenvalue weighted by Gasteiger charge is 2.09. The number of benzene rings is 1. The highest BCUT2D eigenvalue weighted by molar-refractivity contribution is 9.10. The number of aromatic nitrogens is 4. The SMILES string of the molecule is Oc1ccc2c(-c3cn[nH]c3)nc(Br)nc2c1. The first-order valence-electron chi connectivity index (χ1n) is 4.89. The number of nitrogens with one attached hydrogen (secondary N) is 1. The summed E-state index contributed by atoms with van der Waals surface area (Å²) in [6.45, 7) is 0. The monoisotopic (exact) mass is 290 g/mol. The Hall–Kier alpha value is -1.95. The van der Waals surface area contributed by atoms with Crippen molar-refractivity contribution in [3.05, 3.63) is 35.3 Å². The van der Waals surface area contributed by atoms with Gasteiger partial charge in [-0.1, -0.05) is 0 Å². The Morgan fingerprint density at radius 1 is 1.24 bits per heavy atom. The summed E-state index contributed by atoms with van der Waals surface area (Å²) in [6.07, 6.45) is 3.46. The zero-order chi connectivity index (χ0) is 11.8. The van der Waals surface area contributed by atoms with Crippen LogP contribution in [0.4, 0.5) is 0 Å². The van der Waals surface area contributed by atoms with Crippen molar-refractivity contribution in [2.45, 2.75) is 0 Å². The fourth-order valence-corrected chi connectivity index (χ4v) is 2.06. The van der Waals surface area contributed by atoms with Crippen molar-refractivity contribution >= 4 is 26.8 Å². The number of rotatable bonds is 1. The summed E-state index contributed by atoms with van der Waals surface area (Å²) in [5.41, 5.74) is 2.34. The molecular weight excluding hydrogens is 284 g/mol. The number of phenolic OH excluding ortho intramolecular Hbond substituents is 1. The second-order valence-electron chi connectivity index (χ2n) is 3.53. The van der Waals surface area contributed by atoms with Gasteiger partial charge in [0.1, 0.15) is 5.75 Å². The molecule has 3 aromatic rings. The first-order chi connectivity index (χ1) is 8.24. The van der Waals surface area contributed by atoms with Crippen LogP contribution in [0, 0.1) is 0 Å². The average molecular weight is 291 g/mol. The molecule has 84 valence electrons. The summed E-state index contributed by atoms with van der Waals surface area (Å²) in [6, 6.07) is 5.01. The molecule has 0 saturated heterocycles. The van der Waals surface area contributed by atoms with E-state index in [9.17, 15) is 5.11 Å². The quantitative estimate of drug-likeness (QED) is 0.675. The van der Waals surface area contributed by atoms with E-state index in [1.807, 2.05) is 0 Å². The minimum absolute atomic E-state index is 0.182. The number of hydrogen-bond donors (Lipinski definition) is 2. The van der Waals surface area contributed by atoms with Crippen LogP contribution in [0.3, 0.4) is 0 Å². The van der Waals surface area contributed by atoms with Crippen LogP contribution in [0.5, 0.6) is 5.75 Å². The van der Waals surface area contributed by atoms with Gasteiger partial charge in [0.25, 0.3) is 0 Å². The second kappa shape index (κ2) is 3.81. The van der Waals surface area contributed by atoms with Gasteiger partial charge < -0.3 is 5.11 Å². The van der Waals surface area contributed by atoms with Crippen LogP contribution in [-0.2, 0) is 0 Å². The molecule has 2 N–H and O–H groups in total. The minimum Gasteiger partial charge on any atom is -0.508 e. The van der Waals surface area contributed by atoms with Crippen molar-refractivity contribution in [2.75, 3.05) is 0 Å². The van der Waals surface area contributed by atoms with E-state index in [0.717, 1.165) is 16.6 Å². The fourth-order valence-electron chi connectivity index (χ4n) is 1.69. The summed E-state index contributed by atoms with van der Waals surface area (Å²) < 4.78 is 0.479. The molecule has 0 unspecified atom stereocenters. The first kappa shape index (κ1) is 10.2. The van der Waals surface area contributed by atoms with Crippen molar-refractivity contribution in [1.29, 1.82) is 0 Å². The molecule has 2 heterocycles. The van der Waals surface area contributed by atoms with E-state index >= 15 is 0 Å². The highest BCUT2D eigenvalue weighted by Crippen LogP contribution is 2.28. The largest absolute Gasteiger partial charge is 0.508 e. The molecule has 0 saturated carbocycles. The third-order valence-electron chi connectivity index (χ3n) is 2.42. The zero-order valence-electron chi connectivity index (χ0n) is 8.55. The third kappa shape index (κ3) is 1.76. The maximum absolute atomic E-state index is 9.45. The van der Waals surface area contributed by atoms with Crippen LogP contribution in [0.1, 0.15) is 0 Å². The van der Waals surface area contributed by atoms with E-state index in [2.05, 4.69) is 36.1 Å². The first-order valence-corrected chi connectivity index (χ1v) is 5.69. The lowest BCUT2D eigenvalue weighted by molar-refractivity contribution is 0.476. The Kier molecular flexibility index (Phi) is 2.29. The standard InChI is InChI=1S/C11H7BrN4O/c12-11-15-9-3-7(17)1-2-8(9)10(16-11)6-4-13-14-5-6/h1-5,17H,(H,13,14). The van der Waals surface area contributed by atoms with Gasteiger partial charge in [0.15, 0.2) is 4.73 Å². The Balaban J connectivity index is 2.38. The summed E-state index contributed by atoms with van der Waals surface area (Å²) in [4.78, 5) is 8.56. The van der Waals surface area contributed by atoms with Crippen molar-refractivity contribution in [3.63, 3.8) is 0 Å². The van der Waals surface area contributed by atoms with Crippen molar-refractivity contribution < 1.29 is 5.11 Å². The molecule has 1 aromatic carbocycles. The van der Waals surface area contributed by atoms with Crippen molar-refractivity contribution in [1.82, 2.24) is 20.2 Å². The van der Waals surface area contributed by atoms with E-state index in [1.165, 1.54) is 0 Å². The van der Waals surface area contributed by atoms with Gasteiger partial charge in [-0.15, -0.1) is 0 Å². The number of halogens is 1. The summed E-state index contributed by atoms with van der Waals surface area (Å²) in [5, 5.41) is 17.0. The molecule has 17 heavy (non-hydrogen) atoms. The molecule has 0 aliphatic rings. The predicted octanol–water partition coefficient (Wildman–Crippen LogP) is 2.49. The van der Waals surface area contributed by atoms with Crippen LogP contribution >= 0.6 is 15.9 Å². The molecule has 2 aromatic heterocycles. The van der Waals surface area contributed by atoms with Crippen LogP contribution in [0.15, 0.2) is 35.3 Å². The maximum atomic E-state index is 9.45. The van der Waals surface area contributed by atoms with E-state index in [-0.39, 0.29) is 5.75 Å². The molecule has 6 heteroatoms. The summed E-state index contributed by atoms with van der Waals surface area (Å²) in [5.74, 6) is 0.182. The Bertz CT molecular complexity index is 676. The topological polar surface area (TPSA) is 74.7 Å². The molecule has 0 atom stereocenters. The van der Waals surface area contributed by atoms with Gasteiger partial charge in [-0.25, -0.2) is 9.97 Å². The average Bonchev–Trinajstić information content (AvgIpc) is 2.80. The molecule has 0 radical (unpaired) electrons. The third-order valence-corrected chi connectivity index (χ3v) is 2.78. The Morgan fingerprint density at radius 2 is 2.12 bits per heavy atom. The smallest absolute Gasteiger partial charge is 0.197 e. The number of H-pyrrole nitrogens is 1. The lowest BCUT2D eigenvalue weighted by Gasteiger charge is -2.04. The maximum Gasteiger partial charge on any atom is 0.197 e. The van der Waals surface area contributed by atoms with Crippen LogP contribution in [-0.4, -0.2) is 25.3 Å². The lowest BCUT2D eigenvalue weighted by Crippen LogP contribution is -1.90. The number of aromatic amines is 1. The van der Waals surface area contributed by atoms with Gasteiger partial charge in [0.2, 0.25) is 0 Å². The van der Waals surface area contributed by atoms with E-state index in [4.69, 9.17) is 0 Å². The number of fused-ring (bicyclic) bond motifs is 1. The molecule has 0 aliphatic carbocycles. The molecule has 5 nitrogen and oxygen atoms in total. The molecule has 0 spiro atoms. The van der Waals surface area contributed by atoms with E-state index < -0.39 is 0 Å². The summed E-state index contributed by atoms with van der Waals surface area (Å²) >= 11 is 3.26. The van der Waals surface area contributed by atoms with Gasteiger partial charge >= 0.3 is 0 Å². The molecule has 0 aliphatic heterocycles. The number of phenols is 1. The van der Waals surface area contributed by atoms with E-state index in [0.29, 0.717) is 10.3 Å². The highest BCUT2D eigenvalue weighted by atomic mass is 79.9. The van der Waals surface area contributed by atoms with Crippen LogP contribution in [0.2, 0.25) is 0 Å². The van der Waals surface area contributed by atoms with Crippen molar-refractivity contribution in [2.24, 2.45) is 0 Å². The van der Waals surface area contributed by atoms with Crippen LogP contribution < -0.4 is 0 Å². The minimum atomic E-state index is 0.182. The molecule has 0 amide bonds. The molecular formula is C11H7BrN4O. The van der Waals surface area contributed by atoms with Gasteiger partial charge in [0.05, 0.1) is 17.4 Å². The number of hydrogen-bond acceptors (Lipinski definition) is 4. The van der Waals surface area contributed by atoms with E-state index in [1.54, 1.807) is 30.6 Å². The van der Waals surface area contributed by atoms with Crippen molar-refractivity contribution in [3.8, 4) is 17.0 Å². The molecule has 3 rings (SSSR count). The molecule has 0 fully saturated rings. The Morgan fingerprint density at radius 3 is 2.88 bits per heavy atom. The van der Waals surface area contributed by atoms with Gasteiger partial charge in [-0.2, -0.15) is 5.10 Å². The number of nitrogens with zero attached hydrogens (tertiary/aromatic N) is 3. The van der Waals surface area contributed by atoms with Gasteiger partial charge in [0, 0.05) is 23.2 Å². The van der Waals surface area contributed by atoms with Gasteiger partial charge in [-0.3, -0.25) is 5.10 Å². The van der Waals surface area contributed by atoms with Crippen LogP contribution in [0.25, 0.3) is 22.2 Å². The second-order valence-corrected chi connectivity index (χ2v) is 4.24. The normalized spacial score (nSPS) is 10.9. The lowest BCUT2D eigenvalue weighted by atomic mass is 10.1. The fraction of sp³-hybridized carbons (Fsp3) is 0.